The van der Waals surface area contributed by atoms with Crippen LogP contribution in [0.1, 0.15) is 5.56 Å². The molecule has 0 atom stereocenters. The molecule has 0 saturated carbocycles. The van der Waals surface area contributed by atoms with Gasteiger partial charge in [-0.25, -0.2) is 0 Å². The van der Waals surface area contributed by atoms with Gasteiger partial charge in [-0.3, -0.25) is 10.1 Å². The van der Waals surface area contributed by atoms with Gasteiger partial charge in [0.2, 0.25) is 0 Å². The summed E-state index contributed by atoms with van der Waals surface area (Å²) < 4.78 is 10.8. The number of rotatable bonds is 3. The number of hydrogen-bond acceptors (Lipinski definition) is 4. The molecule has 0 spiro atoms. The van der Waals surface area contributed by atoms with Crippen molar-refractivity contribution in [1.29, 1.82) is 0 Å². The Morgan fingerprint density at radius 1 is 1.44 bits per heavy atom. The zero-order chi connectivity index (χ0) is 11.5. The zero-order valence-electron chi connectivity index (χ0n) is 8.64. The lowest BCUT2D eigenvalue weighted by Crippen LogP contribution is -2.17. The third-order valence-electron chi connectivity index (χ3n) is 2.33. The van der Waals surface area contributed by atoms with Crippen LogP contribution in [0.4, 0.5) is 5.69 Å². The first kappa shape index (κ1) is 10.5. The predicted octanol–water partition coefficient (Wildman–Crippen LogP) is 2.09. The van der Waals surface area contributed by atoms with E-state index in [-0.39, 0.29) is 5.69 Å². The predicted molar refractivity (Wildman–Crippen MR) is 58.0 cm³/mol. The number of allylic oxidation sites excluding steroid dienone is 1. The van der Waals surface area contributed by atoms with Crippen molar-refractivity contribution in [3.63, 3.8) is 0 Å². The van der Waals surface area contributed by atoms with Gasteiger partial charge in [0.1, 0.15) is 13.2 Å². The highest BCUT2D eigenvalue weighted by atomic mass is 16.6. The molecule has 0 aliphatic carbocycles. The lowest BCUT2D eigenvalue weighted by atomic mass is 10.1. The third-order valence-corrected chi connectivity index (χ3v) is 2.33. The molecule has 5 nitrogen and oxygen atoms in total. The number of fused-ring (bicyclic) bond motifs is 1. The van der Waals surface area contributed by atoms with Crippen LogP contribution in [-0.4, -0.2) is 18.1 Å². The quantitative estimate of drug-likeness (QED) is 0.445. The summed E-state index contributed by atoms with van der Waals surface area (Å²) in [6, 6.07) is 3.01. The molecule has 0 radical (unpaired) electrons. The summed E-state index contributed by atoms with van der Waals surface area (Å²) in [5.41, 5.74) is 0.571. The Balaban J connectivity index is 2.56. The molecule has 0 amide bonds. The number of hydrogen-bond donors (Lipinski definition) is 0. The first-order chi connectivity index (χ1) is 7.74. The van der Waals surface area contributed by atoms with E-state index in [4.69, 9.17) is 9.47 Å². The number of ether oxygens (including phenoxy) is 2. The summed E-state index contributed by atoms with van der Waals surface area (Å²) >= 11 is 0. The fraction of sp³-hybridized carbons (Fsp3) is 0.273. The number of nitro groups is 1. The van der Waals surface area contributed by atoms with Crippen LogP contribution in [-0.2, 0) is 6.42 Å². The molecule has 0 bridgehead atoms. The standard InChI is InChI=1S/C11H11NO4/c1-2-3-8-9(12(13)14)4-5-10-11(8)16-7-6-15-10/h2,4-5H,1,3,6-7H2. The van der Waals surface area contributed by atoms with Gasteiger partial charge in [0.15, 0.2) is 11.5 Å². The Morgan fingerprint density at radius 3 is 2.88 bits per heavy atom. The highest BCUT2D eigenvalue weighted by Crippen LogP contribution is 2.39. The highest BCUT2D eigenvalue weighted by molar-refractivity contribution is 5.58. The van der Waals surface area contributed by atoms with Crippen molar-refractivity contribution in [1.82, 2.24) is 0 Å². The fourth-order valence-electron chi connectivity index (χ4n) is 1.68. The van der Waals surface area contributed by atoms with Gasteiger partial charge in [0.25, 0.3) is 5.69 Å². The van der Waals surface area contributed by atoms with Gasteiger partial charge in [-0.15, -0.1) is 6.58 Å². The number of nitro benzene ring substituents is 1. The van der Waals surface area contributed by atoms with E-state index in [1.807, 2.05) is 0 Å². The van der Waals surface area contributed by atoms with Crippen molar-refractivity contribution in [3.05, 3.63) is 40.5 Å². The smallest absolute Gasteiger partial charge is 0.276 e. The third kappa shape index (κ3) is 1.71. The fourth-order valence-corrected chi connectivity index (χ4v) is 1.68. The van der Waals surface area contributed by atoms with Gasteiger partial charge in [-0.05, 0) is 6.07 Å². The minimum absolute atomic E-state index is 0.0455. The maximum absolute atomic E-state index is 10.9. The molecule has 1 aliphatic rings. The Bertz CT molecular complexity index is 442. The van der Waals surface area contributed by atoms with E-state index in [9.17, 15) is 10.1 Å². The molecule has 1 aromatic rings. The van der Waals surface area contributed by atoms with Crippen LogP contribution in [0.3, 0.4) is 0 Å². The van der Waals surface area contributed by atoms with Crippen molar-refractivity contribution in [2.75, 3.05) is 13.2 Å². The molecule has 84 valence electrons. The van der Waals surface area contributed by atoms with Crippen molar-refractivity contribution in [2.45, 2.75) is 6.42 Å². The van der Waals surface area contributed by atoms with Gasteiger partial charge < -0.3 is 9.47 Å². The zero-order valence-corrected chi connectivity index (χ0v) is 8.64. The lowest BCUT2D eigenvalue weighted by Gasteiger charge is -2.20. The van der Waals surface area contributed by atoms with E-state index in [2.05, 4.69) is 6.58 Å². The lowest BCUT2D eigenvalue weighted by molar-refractivity contribution is -0.385. The van der Waals surface area contributed by atoms with E-state index in [0.29, 0.717) is 36.7 Å². The summed E-state index contributed by atoms with van der Waals surface area (Å²) in [4.78, 5) is 10.4. The molecule has 0 unspecified atom stereocenters. The molecule has 5 heteroatoms. The normalized spacial score (nSPS) is 13.2. The van der Waals surface area contributed by atoms with Crippen LogP contribution in [0.25, 0.3) is 0 Å². The summed E-state index contributed by atoms with van der Waals surface area (Å²) in [5, 5.41) is 10.9. The SMILES string of the molecule is C=CCc1c([N+](=O)[O-])ccc2c1OCCO2. The van der Waals surface area contributed by atoms with Crippen LogP contribution in [0.2, 0.25) is 0 Å². The highest BCUT2D eigenvalue weighted by Gasteiger charge is 2.23. The first-order valence-electron chi connectivity index (χ1n) is 4.91. The first-order valence-corrected chi connectivity index (χ1v) is 4.91. The number of nitrogens with zero attached hydrogens (tertiary/aromatic N) is 1. The Labute approximate surface area is 92.4 Å². The van der Waals surface area contributed by atoms with Crippen molar-refractivity contribution in [3.8, 4) is 11.5 Å². The molecule has 0 saturated heterocycles. The molecule has 1 heterocycles. The molecule has 1 aromatic carbocycles. The van der Waals surface area contributed by atoms with Gasteiger partial charge in [-0.2, -0.15) is 0 Å². The Hall–Kier alpha value is -2.04. The van der Waals surface area contributed by atoms with Gasteiger partial charge >= 0.3 is 0 Å². The maximum atomic E-state index is 10.9. The molecular formula is C11H11NO4. The monoisotopic (exact) mass is 221 g/mol. The van der Waals surface area contributed by atoms with Crippen LogP contribution in [0.5, 0.6) is 11.5 Å². The second-order valence-electron chi connectivity index (χ2n) is 3.34. The van der Waals surface area contributed by atoms with Crippen LogP contribution >= 0.6 is 0 Å². The largest absolute Gasteiger partial charge is 0.486 e. The molecule has 16 heavy (non-hydrogen) atoms. The average Bonchev–Trinajstić information content (AvgIpc) is 2.29. The maximum Gasteiger partial charge on any atom is 0.276 e. The Kier molecular flexibility index (Phi) is 2.76. The summed E-state index contributed by atoms with van der Waals surface area (Å²) in [5.74, 6) is 1.04. The van der Waals surface area contributed by atoms with Crippen LogP contribution in [0.15, 0.2) is 24.8 Å². The van der Waals surface area contributed by atoms with Gasteiger partial charge in [0.05, 0.1) is 10.5 Å². The minimum atomic E-state index is -0.420. The van der Waals surface area contributed by atoms with Gasteiger partial charge in [-0.1, -0.05) is 6.08 Å². The van der Waals surface area contributed by atoms with Crippen LogP contribution < -0.4 is 9.47 Å². The second-order valence-corrected chi connectivity index (χ2v) is 3.34. The molecular weight excluding hydrogens is 210 g/mol. The van der Waals surface area contributed by atoms with E-state index in [0.717, 1.165) is 0 Å². The Morgan fingerprint density at radius 2 is 2.19 bits per heavy atom. The van der Waals surface area contributed by atoms with Gasteiger partial charge in [0, 0.05) is 12.5 Å². The number of benzene rings is 1. The summed E-state index contributed by atoms with van der Waals surface area (Å²) in [6.07, 6.45) is 2.00. The average molecular weight is 221 g/mol. The molecule has 1 aliphatic heterocycles. The topological polar surface area (TPSA) is 61.6 Å². The van der Waals surface area contributed by atoms with E-state index < -0.39 is 4.92 Å². The summed E-state index contributed by atoms with van der Waals surface area (Å²) in [6.45, 7) is 4.47. The summed E-state index contributed by atoms with van der Waals surface area (Å²) in [7, 11) is 0. The van der Waals surface area contributed by atoms with E-state index in [1.165, 1.54) is 6.07 Å². The molecule has 0 aromatic heterocycles. The van der Waals surface area contributed by atoms with E-state index >= 15 is 0 Å². The van der Waals surface area contributed by atoms with Crippen molar-refractivity contribution < 1.29 is 14.4 Å². The van der Waals surface area contributed by atoms with Crippen molar-refractivity contribution >= 4 is 5.69 Å². The minimum Gasteiger partial charge on any atom is -0.486 e. The van der Waals surface area contributed by atoms with E-state index in [1.54, 1.807) is 12.1 Å². The molecule has 2 rings (SSSR count). The van der Waals surface area contributed by atoms with Crippen LogP contribution in [0, 0.1) is 10.1 Å². The van der Waals surface area contributed by atoms with Crippen molar-refractivity contribution in [2.24, 2.45) is 0 Å². The second kappa shape index (κ2) is 4.22. The molecule has 0 fully saturated rings. The molecule has 0 N–H and O–H groups in total.